The predicted octanol–water partition coefficient (Wildman–Crippen LogP) is 0.996. The zero-order valence-corrected chi connectivity index (χ0v) is 9.14. The van der Waals surface area contributed by atoms with Crippen molar-refractivity contribution in [2.45, 2.75) is 0 Å². The normalized spacial score (nSPS) is 13.7. The van der Waals surface area contributed by atoms with Crippen LogP contribution < -0.4 is 4.90 Å². The second kappa shape index (κ2) is 4.06. The van der Waals surface area contributed by atoms with E-state index in [1.54, 1.807) is 0 Å². The number of carboxylic acids is 1. The van der Waals surface area contributed by atoms with Gasteiger partial charge in [0.25, 0.3) is 11.7 Å². The Morgan fingerprint density at radius 3 is 2.67 bits per heavy atom. The molecule has 0 aromatic heterocycles. The highest BCUT2D eigenvalue weighted by atomic mass is 19.1. The van der Waals surface area contributed by atoms with Gasteiger partial charge in [-0.2, -0.15) is 0 Å². The van der Waals surface area contributed by atoms with E-state index < -0.39 is 23.5 Å². The summed E-state index contributed by atoms with van der Waals surface area (Å²) in [4.78, 5) is 34.8. The molecule has 6 heteroatoms. The molecule has 2 rings (SSSR count). The minimum Gasteiger partial charge on any atom is -0.478 e. The molecule has 0 bridgehead atoms. The first kappa shape index (κ1) is 12.0. The zero-order valence-electron chi connectivity index (χ0n) is 9.14. The molecule has 1 amide bonds. The van der Waals surface area contributed by atoms with Crippen LogP contribution in [0, 0.1) is 5.82 Å². The first-order valence-corrected chi connectivity index (χ1v) is 4.98. The maximum Gasteiger partial charge on any atom is 0.332 e. The fourth-order valence-electron chi connectivity index (χ4n) is 1.68. The molecule has 0 aliphatic carbocycles. The summed E-state index contributed by atoms with van der Waals surface area (Å²) < 4.78 is 13.1. The molecular formula is C12H8FNO4. The van der Waals surface area contributed by atoms with Crippen molar-refractivity contribution < 1.29 is 23.9 Å². The van der Waals surface area contributed by atoms with Gasteiger partial charge in [-0.3, -0.25) is 14.5 Å². The third-order valence-electron chi connectivity index (χ3n) is 2.59. The number of aliphatic carboxylic acids is 1. The molecule has 1 aromatic carbocycles. The summed E-state index contributed by atoms with van der Waals surface area (Å²) >= 11 is 0. The summed E-state index contributed by atoms with van der Waals surface area (Å²) in [6.45, 7) is 2.92. The van der Waals surface area contributed by atoms with Gasteiger partial charge in [0, 0.05) is 5.57 Å². The Labute approximate surface area is 101 Å². The van der Waals surface area contributed by atoms with E-state index in [2.05, 4.69) is 6.58 Å². The van der Waals surface area contributed by atoms with Gasteiger partial charge in [0.1, 0.15) is 5.82 Å². The number of carboxylic acid groups (broad SMARTS) is 1. The van der Waals surface area contributed by atoms with Gasteiger partial charge < -0.3 is 5.11 Å². The van der Waals surface area contributed by atoms with Crippen molar-refractivity contribution in [1.29, 1.82) is 0 Å². The van der Waals surface area contributed by atoms with E-state index in [9.17, 15) is 18.8 Å². The summed E-state index contributed by atoms with van der Waals surface area (Å²) in [5.41, 5.74) is -0.111. The number of anilines is 1. The molecule has 0 fully saturated rings. The van der Waals surface area contributed by atoms with Crippen LogP contribution >= 0.6 is 0 Å². The molecule has 1 heterocycles. The lowest BCUT2D eigenvalue weighted by molar-refractivity contribution is -0.132. The number of amides is 1. The molecule has 1 aromatic rings. The molecule has 0 unspecified atom stereocenters. The highest BCUT2D eigenvalue weighted by molar-refractivity contribution is 6.52. The first-order valence-electron chi connectivity index (χ1n) is 4.98. The second-order valence-electron chi connectivity index (χ2n) is 3.79. The van der Waals surface area contributed by atoms with Crippen LogP contribution in [0.15, 0.2) is 30.4 Å². The first-order chi connectivity index (χ1) is 8.41. The fraction of sp³-hybridized carbons (Fsp3) is 0.0833. The van der Waals surface area contributed by atoms with Crippen molar-refractivity contribution in [3.8, 4) is 0 Å². The van der Waals surface area contributed by atoms with Gasteiger partial charge in [0.05, 0.1) is 17.8 Å². The van der Waals surface area contributed by atoms with Crippen molar-refractivity contribution in [1.82, 2.24) is 0 Å². The van der Waals surface area contributed by atoms with E-state index in [4.69, 9.17) is 5.11 Å². The van der Waals surface area contributed by atoms with E-state index in [-0.39, 0.29) is 23.4 Å². The van der Waals surface area contributed by atoms with E-state index in [1.807, 2.05) is 0 Å². The average Bonchev–Trinajstić information content (AvgIpc) is 2.54. The average molecular weight is 249 g/mol. The van der Waals surface area contributed by atoms with Gasteiger partial charge in [-0.15, -0.1) is 0 Å². The quantitative estimate of drug-likeness (QED) is 0.640. The summed E-state index contributed by atoms with van der Waals surface area (Å²) in [5.74, 6) is -3.54. The largest absolute Gasteiger partial charge is 0.478 e. The van der Waals surface area contributed by atoms with Crippen LogP contribution in [0.1, 0.15) is 10.4 Å². The number of hydrogen-bond donors (Lipinski definition) is 1. The van der Waals surface area contributed by atoms with Gasteiger partial charge in [-0.25, -0.2) is 9.18 Å². The minimum absolute atomic E-state index is 0.0691. The Hall–Kier alpha value is -2.50. The third kappa shape index (κ3) is 1.77. The van der Waals surface area contributed by atoms with Crippen molar-refractivity contribution in [2.75, 3.05) is 11.4 Å². The topological polar surface area (TPSA) is 74.7 Å². The van der Waals surface area contributed by atoms with Crippen LogP contribution in [-0.4, -0.2) is 29.3 Å². The summed E-state index contributed by atoms with van der Waals surface area (Å²) in [6.07, 6.45) is 0. The number of benzene rings is 1. The molecule has 0 radical (unpaired) electrons. The summed E-state index contributed by atoms with van der Waals surface area (Å²) in [6, 6.07) is 3.29. The zero-order chi connectivity index (χ0) is 13.4. The highest BCUT2D eigenvalue weighted by Gasteiger charge is 2.36. The molecular weight excluding hydrogens is 241 g/mol. The fourth-order valence-corrected chi connectivity index (χ4v) is 1.68. The number of halogens is 1. The van der Waals surface area contributed by atoms with E-state index in [0.29, 0.717) is 0 Å². The number of Topliss-reactive ketones (excluding diaryl/α,β-unsaturated/α-hetero) is 1. The lowest BCUT2D eigenvalue weighted by atomic mass is 10.1. The highest BCUT2D eigenvalue weighted by Crippen LogP contribution is 2.30. The molecule has 18 heavy (non-hydrogen) atoms. The van der Waals surface area contributed by atoms with Crippen molar-refractivity contribution >= 4 is 23.3 Å². The Kier molecular flexibility index (Phi) is 2.70. The smallest absolute Gasteiger partial charge is 0.332 e. The van der Waals surface area contributed by atoms with Crippen LogP contribution in [0.3, 0.4) is 0 Å². The van der Waals surface area contributed by atoms with Crippen LogP contribution in [-0.2, 0) is 9.59 Å². The molecule has 0 saturated heterocycles. The van der Waals surface area contributed by atoms with Gasteiger partial charge in [0.2, 0.25) is 0 Å². The van der Waals surface area contributed by atoms with E-state index in [0.717, 1.165) is 17.0 Å². The number of carbonyl (C=O) groups excluding carboxylic acids is 2. The number of fused-ring (bicyclic) bond motifs is 1. The van der Waals surface area contributed by atoms with Crippen molar-refractivity contribution in [2.24, 2.45) is 0 Å². The predicted molar refractivity (Wildman–Crippen MR) is 59.9 cm³/mol. The lowest BCUT2D eigenvalue weighted by Crippen LogP contribution is -2.32. The Morgan fingerprint density at radius 2 is 2.06 bits per heavy atom. The molecule has 1 aliphatic heterocycles. The van der Waals surface area contributed by atoms with Crippen LogP contribution in [0.4, 0.5) is 10.1 Å². The van der Waals surface area contributed by atoms with Gasteiger partial charge in [-0.05, 0) is 18.2 Å². The molecule has 0 atom stereocenters. The Bertz CT molecular complexity index is 594. The standard InChI is InChI=1S/C12H8FNO4/c1-6(12(17)18)5-14-9-4-7(13)2-3-8(9)10(15)11(14)16/h2-4H,1,5H2,(H,17,18). The SMILES string of the molecule is C=C(CN1C(=O)C(=O)c2ccc(F)cc21)C(=O)O. The van der Waals surface area contributed by atoms with Crippen molar-refractivity contribution in [3.63, 3.8) is 0 Å². The second-order valence-corrected chi connectivity index (χ2v) is 3.79. The number of rotatable bonds is 3. The molecule has 1 aliphatic rings. The number of carbonyl (C=O) groups is 3. The minimum atomic E-state index is -1.28. The monoisotopic (exact) mass is 249 g/mol. The van der Waals surface area contributed by atoms with E-state index in [1.165, 1.54) is 6.07 Å². The maximum absolute atomic E-state index is 13.1. The number of ketones is 1. The Balaban J connectivity index is 2.42. The molecule has 5 nitrogen and oxygen atoms in total. The number of nitrogens with zero attached hydrogens (tertiary/aromatic N) is 1. The van der Waals surface area contributed by atoms with Gasteiger partial charge in [-0.1, -0.05) is 6.58 Å². The molecule has 0 spiro atoms. The third-order valence-corrected chi connectivity index (χ3v) is 2.59. The lowest BCUT2D eigenvalue weighted by Gasteiger charge is -2.16. The molecule has 92 valence electrons. The van der Waals surface area contributed by atoms with Crippen LogP contribution in [0.5, 0.6) is 0 Å². The Morgan fingerprint density at radius 1 is 1.39 bits per heavy atom. The van der Waals surface area contributed by atoms with Gasteiger partial charge in [0.15, 0.2) is 0 Å². The summed E-state index contributed by atoms with van der Waals surface area (Å²) in [5, 5.41) is 8.70. The maximum atomic E-state index is 13.1. The summed E-state index contributed by atoms with van der Waals surface area (Å²) in [7, 11) is 0. The van der Waals surface area contributed by atoms with E-state index >= 15 is 0 Å². The van der Waals surface area contributed by atoms with Crippen molar-refractivity contribution in [3.05, 3.63) is 41.7 Å². The van der Waals surface area contributed by atoms with Gasteiger partial charge >= 0.3 is 5.97 Å². The number of hydrogen-bond acceptors (Lipinski definition) is 3. The van der Waals surface area contributed by atoms with Crippen LogP contribution in [0.25, 0.3) is 0 Å². The molecule has 1 N–H and O–H groups in total. The van der Waals surface area contributed by atoms with Crippen LogP contribution in [0.2, 0.25) is 0 Å². The molecule has 0 saturated carbocycles.